The van der Waals surface area contributed by atoms with Crippen LogP contribution in [0.4, 0.5) is 11.4 Å². The lowest BCUT2D eigenvalue weighted by atomic mass is 10.1. The van der Waals surface area contributed by atoms with Crippen LogP contribution in [0.2, 0.25) is 0 Å². The molecule has 0 atom stereocenters. The summed E-state index contributed by atoms with van der Waals surface area (Å²) in [6.07, 6.45) is 5.29. The van der Waals surface area contributed by atoms with Crippen molar-refractivity contribution in [2.24, 2.45) is 0 Å². The molecule has 1 aliphatic rings. The van der Waals surface area contributed by atoms with E-state index in [9.17, 15) is 4.79 Å². The van der Waals surface area contributed by atoms with Crippen molar-refractivity contribution < 1.29 is 4.79 Å². The van der Waals surface area contributed by atoms with E-state index in [-0.39, 0.29) is 5.91 Å². The topological polar surface area (TPSA) is 48.5 Å². The monoisotopic (exact) mass is 380 g/mol. The molecule has 2 heterocycles. The van der Waals surface area contributed by atoms with Gasteiger partial charge in [0.1, 0.15) is 5.69 Å². The summed E-state index contributed by atoms with van der Waals surface area (Å²) in [7, 11) is 0. The normalized spacial score (nSPS) is 14.2. The summed E-state index contributed by atoms with van der Waals surface area (Å²) in [6, 6.07) is 10.2. The van der Waals surface area contributed by atoms with Gasteiger partial charge in [-0.3, -0.25) is 9.78 Å². The first-order valence-electron chi connectivity index (χ1n) is 10.4. The molecular weight excluding hydrogens is 348 g/mol. The highest BCUT2D eigenvalue weighted by molar-refractivity contribution is 5.93. The number of pyridine rings is 1. The zero-order valence-electron chi connectivity index (χ0n) is 17.4. The molecule has 0 aliphatic carbocycles. The fraction of sp³-hybridized carbons (Fsp3) is 0.478. The average molecular weight is 381 g/mol. The summed E-state index contributed by atoms with van der Waals surface area (Å²) in [4.78, 5) is 21.5. The fourth-order valence-electron chi connectivity index (χ4n) is 3.66. The maximum Gasteiger partial charge on any atom is 0.272 e. The number of nitrogens with zero attached hydrogens (tertiary/aromatic N) is 3. The van der Waals surface area contributed by atoms with Crippen LogP contribution in [0.3, 0.4) is 0 Å². The third kappa shape index (κ3) is 4.83. The van der Waals surface area contributed by atoms with Gasteiger partial charge in [0.05, 0.1) is 0 Å². The molecule has 1 saturated heterocycles. The van der Waals surface area contributed by atoms with Gasteiger partial charge in [0, 0.05) is 50.3 Å². The molecular formula is C23H32N4O. The van der Waals surface area contributed by atoms with Gasteiger partial charge in [0.15, 0.2) is 0 Å². The molecule has 1 N–H and O–H groups in total. The molecule has 1 aliphatic heterocycles. The first-order valence-corrected chi connectivity index (χ1v) is 10.4. The molecule has 1 aromatic carbocycles. The number of hydrogen-bond acceptors (Lipinski definition) is 4. The second kappa shape index (κ2) is 9.58. The van der Waals surface area contributed by atoms with Gasteiger partial charge in [-0.2, -0.15) is 0 Å². The summed E-state index contributed by atoms with van der Waals surface area (Å²) in [5.41, 5.74) is 5.42. The van der Waals surface area contributed by atoms with E-state index in [0.717, 1.165) is 44.8 Å². The molecule has 28 heavy (non-hydrogen) atoms. The Morgan fingerprint density at radius 2 is 1.89 bits per heavy atom. The van der Waals surface area contributed by atoms with E-state index in [2.05, 4.69) is 54.2 Å². The zero-order chi connectivity index (χ0) is 19.9. The van der Waals surface area contributed by atoms with Gasteiger partial charge in [-0.25, -0.2) is 0 Å². The number of nitrogens with one attached hydrogen (secondary N) is 1. The Morgan fingerprint density at radius 3 is 2.64 bits per heavy atom. The van der Waals surface area contributed by atoms with E-state index in [4.69, 9.17) is 0 Å². The molecule has 0 bridgehead atoms. The van der Waals surface area contributed by atoms with Crippen molar-refractivity contribution in [3.05, 3.63) is 53.3 Å². The van der Waals surface area contributed by atoms with Gasteiger partial charge in [0.25, 0.3) is 5.91 Å². The molecule has 3 rings (SSSR count). The second-order valence-electron chi connectivity index (χ2n) is 7.56. The summed E-state index contributed by atoms with van der Waals surface area (Å²) in [5, 5.41) is 3.40. The van der Waals surface area contributed by atoms with Crippen LogP contribution in [0.1, 0.15) is 47.8 Å². The van der Waals surface area contributed by atoms with Crippen molar-refractivity contribution in [2.45, 2.75) is 40.0 Å². The molecule has 5 nitrogen and oxygen atoms in total. The van der Waals surface area contributed by atoms with E-state index in [1.54, 1.807) is 6.20 Å². The van der Waals surface area contributed by atoms with E-state index >= 15 is 0 Å². The summed E-state index contributed by atoms with van der Waals surface area (Å²) < 4.78 is 0. The molecule has 5 heteroatoms. The van der Waals surface area contributed by atoms with Crippen LogP contribution in [0.25, 0.3) is 0 Å². The lowest BCUT2D eigenvalue weighted by Crippen LogP contribution is -2.49. The SMILES string of the molecule is CCCCCNc1ccnc(C(=O)N2CCN(c3cccc(C)c3C)CC2)c1. The van der Waals surface area contributed by atoms with Gasteiger partial charge in [-0.15, -0.1) is 0 Å². The molecule has 1 fully saturated rings. The standard InChI is InChI=1S/C23H32N4O/c1-4-5-6-11-24-20-10-12-25-21(17-20)23(28)27-15-13-26(14-16-27)22-9-7-8-18(2)19(22)3/h7-10,12,17H,4-6,11,13-16H2,1-3H3,(H,24,25). The number of carbonyl (C=O) groups excluding carboxylic acids is 1. The predicted octanol–water partition coefficient (Wildman–Crippen LogP) is 4.26. The second-order valence-corrected chi connectivity index (χ2v) is 7.56. The van der Waals surface area contributed by atoms with Crippen LogP contribution >= 0.6 is 0 Å². The number of anilines is 2. The van der Waals surface area contributed by atoms with Gasteiger partial charge in [-0.05, 0) is 49.6 Å². The lowest BCUT2D eigenvalue weighted by molar-refractivity contribution is 0.0741. The number of piperazine rings is 1. The summed E-state index contributed by atoms with van der Waals surface area (Å²) >= 11 is 0. The smallest absolute Gasteiger partial charge is 0.272 e. The number of aromatic nitrogens is 1. The van der Waals surface area contributed by atoms with Crippen molar-refractivity contribution in [1.29, 1.82) is 0 Å². The Kier molecular flexibility index (Phi) is 6.90. The highest BCUT2D eigenvalue weighted by atomic mass is 16.2. The predicted molar refractivity (Wildman–Crippen MR) is 116 cm³/mol. The number of benzene rings is 1. The molecule has 0 saturated carbocycles. The highest BCUT2D eigenvalue weighted by Crippen LogP contribution is 2.24. The maximum atomic E-state index is 12.9. The van der Waals surface area contributed by atoms with Crippen molar-refractivity contribution in [3.63, 3.8) is 0 Å². The van der Waals surface area contributed by atoms with Gasteiger partial charge in [-0.1, -0.05) is 31.9 Å². The Hall–Kier alpha value is -2.56. The number of amides is 1. The fourth-order valence-corrected chi connectivity index (χ4v) is 3.66. The Labute approximate surface area is 168 Å². The minimum absolute atomic E-state index is 0.0258. The van der Waals surface area contributed by atoms with Crippen LogP contribution in [0, 0.1) is 13.8 Å². The molecule has 1 amide bonds. The van der Waals surface area contributed by atoms with Crippen LogP contribution in [-0.2, 0) is 0 Å². The average Bonchev–Trinajstić information content (AvgIpc) is 2.73. The van der Waals surface area contributed by atoms with E-state index in [1.165, 1.54) is 29.7 Å². The third-order valence-electron chi connectivity index (χ3n) is 5.57. The van der Waals surface area contributed by atoms with Crippen LogP contribution in [0.15, 0.2) is 36.5 Å². The van der Waals surface area contributed by atoms with Gasteiger partial charge < -0.3 is 15.1 Å². The number of rotatable bonds is 7. The maximum absolute atomic E-state index is 12.9. The number of carbonyl (C=O) groups is 1. The van der Waals surface area contributed by atoms with Crippen molar-refractivity contribution in [3.8, 4) is 0 Å². The summed E-state index contributed by atoms with van der Waals surface area (Å²) in [5.74, 6) is 0.0258. The largest absolute Gasteiger partial charge is 0.385 e. The number of aryl methyl sites for hydroxylation is 1. The van der Waals surface area contributed by atoms with Crippen LogP contribution in [-0.4, -0.2) is 48.5 Å². The highest BCUT2D eigenvalue weighted by Gasteiger charge is 2.24. The first kappa shape index (κ1) is 20.2. The summed E-state index contributed by atoms with van der Waals surface area (Å²) in [6.45, 7) is 10.6. The molecule has 0 spiro atoms. The number of unbranched alkanes of at least 4 members (excludes halogenated alkanes) is 2. The first-order chi connectivity index (χ1) is 13.6. The van der Waals surface area contributed by atoms with Gasteiger partial charge >= 0.3 is 0 Å². The van der Waals surface area contributed by atoms with Crippen molar-refractivity contribution in [1.82, 2.24) is 9.88 Å². The Balaban J connectivity index is 1.58. The molecule has 2 aromatic rings. The van der Waals surface area contributed by atoms with Crippen molar-refractivity contribution in [2.75, 3.05) is 42.9 Å². The van der Waals surface area contributed by atoms with E-state index in [1.807, 2.05) is 17.0 Å². The molecule has 150 valence electrons. The van der Waals surface area contributed by atoms with Crippen molar-refractivity contribution >= 4 is 17.3 Å². The van der Waals surface area contributed by atoms with Gasteiger partial charge in [0.2, 0.25) is 0 Å². The van der Waals surface area contributed by atoms with E-state index < -0.39 is 0 Å². The molecule has 0 radical (unpaired) electrons. The third-order valence-corrected chi connectivity index (χ3v) is 5.57. The minimum Gasteiger partial charge on any atom is -0.385 e. The Morgan fingerprint density at radius 1 is 1.11 bits per heavy atom. The van der Waals surface area contributed by atoms with E-state index in [0.29, 0.717) is 5.69 Å². The minimum atomic E-state index is 0.0258. The lowest BCUT2D eigenvalue weighted by Gasteiger charge is -2.37. The van der Waals surface area contributed by atoms with Crippen LogP contribution in [0.5, 0.6) is 0 Å². The number of hydrogen-bond donors (Lipinski definition) is 1. The zero-order valence-corrected chi connectivity index (χ0v) is 17.4. The quantitative estimate of drug-likeness (QED) is 0.729. The molecule has 1 aromatic heterocycles. The Bertz CT molecular complexity index is 797. The molecule has 0 unspecified atom stereocenters. The van der Waals surface area contributed by atoms with Crippen LogP contribution < -0.4 is 10.2 Å².